The van der Waals surface area contributed by atoms with E-state index in [0.717, 1.165) is 17.1 Å². The van der Waals surface area contributed by atoms with Crippen molar-refractivity contribution in [2.24, 2.45) is 5.73 Å². The second-order valence-electron chi connectivity index (χ2n) is 5.78. The highest BCUT2D eigenvalue weighted by molar-refractivity contribution is 5.86. The zero-order valence-electron chi connectivity index (χ0n) is 13.2. The fourth-order valence-electron chi connectivity index (χ4n) is 2.85. The van der Waals surface area contributed by atoms with Gasteiger partial charge in [0.2, 0.25) is 12.7 Å². The van der Waals surface area contributed by atoms with Crippen LogP contribution in [-0.4, -0.2) is 42.9 Å². The minimum Gasteiger partial charge on any atom is -0.454 e. The molecule has 7 heteroatoms. The summed E-state index contributed by atoms with van der Waals surface area (Å²) in [5.74, 6) is 1.48. The number of amides is 1. The van der Waals surface area contributed by atoms with Gasteiger partial charge >= 0.3 is 0 Å². The van der Waals surface area contributed by atoms with E-state index in [1.165, 1.54) is 0 Å². The minimum atomic E-state index is -0.801. The Morgan fingerprint density at radius 3 is 2.65 bits per heavy atom. The molecule has 2 N–H and O–H groups in total. The van der Waals surface area contributed by atoms with Crippen LogP contribution in [0.3, 0.4) is 0 Å². The first-order valence-corrected chi connectivity index (χ1v) is 7.67. The Bertz CT molecular complexity index is 561. The quantitative estimate of drug-likeness (QED) is 0.901. The summed E-state index contributed by atoms with van der Waals surface area (Å²) in [7, 11) is 0. The SMILES string of the molecule is CCN(Cc1ccc2c(c1)OCO2)C(=O)C1(N)CCOCC1.Cl. The van der Waals surface area contributed by atoms with Crippen LogP contribution in [0.25, 0.3) is 0 Å². The third kappa shape index (κ3) is 3.71. The van der Waals surface area contributed by atoms with Gasteiger partial charge in [-0.15, -0.1) is 12.4 Å². The number of halogens is 1. The summed E-state index contributed by atoms with van der Waals surface area (Å²) in [5.41, 5.74) is 6.52. The average Bonchev–Trinajstić information content (AvgIpc) is 3.00. The van der Waals surface area contributed by atoms with Gasteiger partial charge in [-0.25, -0.2) is 0 Å². The molecule has 3 rings (SSSR count). The summed E-state index contributed by atoms with van der Waals surface area (Å²) in [5, 5.41) is 0. The first kappa shape index (κ1) is 17.8. The lowest BCUT2D eigenvalue weighted by atomic mass is 9.89. The number of nitrogens with two attached hydrogens (primary N) is 1. The van der Waals surface area contributed by atoms with E-state index in [1.54, 1.807) is 4.90 Å². The maximum Gasteiger partial charge on any atom is 0.243 e. The molecule has 0 spiro atoms. The summed E-state index contributed by atoms with van der Waals surface area (Å²) in [4.78, 5) is 14.6. The van der Waals surface area contributed by atoms with Crippen LogP contribution in [0.4, 0.5) is 0 Å². The number of hydrogen-bond acceptors (Lipinski definition) is 5. The molecule has 2 heterocycles. The molecule has 0 atom stereocenters. The van der Waals surface area contributed by atoms with Gasteiger partial charge in [0.05, 0.1) is 5.54 Å². The van der Waals surface area contributed by atoms with E-state index in [2.05, 4.69) is 0 Å². The van der Waals surface area contributed by atoms with Crippen LogP contribution in [0, 0.1) is 0 Å². The predicted molar refractivity (Wildman–Crippen MR) is 87.9 cm³/mol. The van der Waals surface area contributed by atoms with Gasteiger partial charge in [-0.2, -0.15) is 0 Å². The number of hydrogen-bond donors (Lipinski definition) is 1. The Morgan fingerprint density at radius 2 is 1.96 bits per heavy atom. The van der Waals surface area contributed by atoms with Crippen molar-refractivity contribution < 1.29 is 19.0 Å². The van der Waals surface area contributed by atoms with Gasteiger partial charge in [-0.1, -0.05) is 6.07 Å². The summed E-state index contributed by atoms with van der Waals surface area (Å²) in [6, 6.07) is 5.75. The minimum absolute atomic E-state index is 0. The summed E-state index contributed by atoms with van der Waals surface area (Å²) in [6.45, 7) is 4.45. The van der Waals surface area contributed by atoms with E-state index in [9.17, 15) is 4.79 Å². The molecule has 2 aliphatic rings. The average molecular weight is 343 g/mol. The Hall–Kier alpha value is -1.50. The molecule has 0 saturated carbocycles. The van der Waals surface area contributed by atoms with Crippen molar-refractivity contribution in [3.8, 4) is 11.5 Å². The molecule has 0 radical (unpaired) electrons. The molecular weight excluding hydrogens is 320 g/mol. The molecule has 6 nitrogen and oxygen atoms in total. The number of likely N-dealkylation sites (N-methyl/N-ethyl adjacent to an activating group) is 1. The number of rotatable bonds is 4. The third-order valence-corrected chi connectivity index (χ3v) is 4.29. The molecule has 0 aliphatic carbocycles. The smallest absolute Gasteiger partial charge is 0.243 e. The number of benzene rings is 1. The largest absolute Gasteiger partial charge is 0.454 e. The number of fused-ring (bicyclic) bond motifs is 1. The van der Waals surface area contributed by atoms with E-state index in [4.69, 9.17) is 19.9 Å². The molecule has 23 heavy (non-hydrogen) atoms. The Kier molecular flexibility index (Phi) is 5.73. The molecule has 1 amide bonds. The molecular formula is C16H23ClN2O4. The highest BCUT2D eigenvalue weighted by atomic mass is 35.5. The second kappa shape index (κ2) is 7.38. The van der Waals surface area contributed by atoms with E-state index < -0.39 is 5.54 Å². The standard InChI is InChI=1S/C16H22N2O4.ClH/c1-2-18(15(19)16(17)5-7-20-8-6-16)10-12-3-4-13-14(9-12)22-11-21-13;/h3-4,9H,2,5-8,10-11,17H2,1H3;1H. The fourth-order valence-corrected chi connectivity index (χ4v) is 2.85. The summed E-state index contributed by atoms with van der Waals surface area (Å²) in [6.07, 6.45) is 1.15. The van der Waals surface area contributed by atoms with Crippen molar-refractivity contribution >= 4 is 18.3 Å². The predicted octanol–water partition coefficient (Wildman–Crippen LogP) is 1.69. The van der Waals surface area contributed by atoms with E-state index >= 15 is 0 Å². The molecule has 1 saturated heterocycles. The number of carbonyl (C=O) groups excluding carboxylic acids is 1. The lowest BCUT2D eigenvalue weighted by molar-refractivity contribution is -0.141. The number of ether oxygens (including phenoxy) is 3. The second-order valence-corrected chi connectivity index (χ2v) is 5.78. The molecule has 2 aliphatic heterocycles. The first-order valence-electron chi connectivity index (χ1n) is 7.67. The van der Waals surface area contributed by atoms with Crippen LogP contribution < -0.4 is 15.2 Å². The molecule has 0 bridgehead atoms. The maximum absolute atomic E-state index is 12.8. The monoisotopic (exact) mass is 342 g/mol. The number of carbonyl (C=O) groups is 1. The van der Waals surface area contributed by atoms with Crippen LogP contribution in [0.2, 0.25) is 0 Å². The zero-order valence-corrected chi connectivity index (χ0v) is 14.1. The molecule has 1 aromatic carbocycles. The molecule has 0 aromatic heterocycles. The van der Waals surface area contributed by atoms with Gasteiger partial charge in [0.15, 0.2) is 11.5 Å². The summed E-state index contributed by atoms with van der Waals surface area (Å²) < 4.78 is 16.0. The molecule has 0 unspecified atom stereocenters. The van der Waals surface area contributed by atoms with Crippen molar-refractivity contribution in [1.29, 1.82) is 0 Å². The third-order valence-electron chi connectivity index (χ3n) is 4.29. The van der Waals surface area contributed by atoms with Crippen molar-refractivity contribution in [1.82, 2.24) is 4.90 Å². The molecule has 1 fully saturated rings. The van der Waals surface area contributed by atoms with Gasteiger partial charge in [0.1, 0.15) is 0 Å². The topological polar surface area (TPSA) is 74.0 Å². The van der Waals surface area contributed by atoms with Crippen LogP contribution in [0.5, 0.6) is 11.5 Å². The number of nitrogens with zero attached hydrogens (tertiary/aromatic N) is 1. The van der Waals surface area contributed by atoms with Crippen molar-refractivity contribution in [2.45, 2.75) is 31.8 Å². The van der Waals surface area contributed by atoms with Crippen LogP contribution in [0.15, 0.2) is 18.2 Å². The maximum atomic E-state index is 12.8. The summed E-state index contributed by atoms with van der Waals surface area (Å²) >= 11 is 0. The van der Waals surface area contributed by atoms with Crippen LogP contribution in [-0.2, 0) is 16.1 Å². The van der Waals surface area contributed by atoms with E-state index in [-0.39, 0.29) is 25.1 Å². The highest BCUT2D eigenvalue weighted by Gasteiger charge is 2.38. The normalized spacial score (nSPS) is 18.2. The van der Waals surface area contributed by atoms with Crippen molar-refractivity contribution in [2.75, 3.05) is 26.6 Å². The van der Waals surface area contributed by atoms with Gasteiger partial charge < -0.3 is 24.8 Å². The fraction of sp³-hybridized carbons (Fsp3) is 0.562. The molecule has 128 valence electrons. The van der Waals surface area contributed by atoms with Crippen molar-refractivity contribution in [3.63, 3.8) is 0 Å². The Labute approximate surface area is 142 Å². The van der Waals surface area contributed by atoms with Crippen LogP contribution in [0.1, 0.15) is 25.3 Å². The van der Waals surface area contributed by atoms with Gasteiger partial charge in [-0.3, -0.25) is 4.79 Å². The first-order chi connectivity index (χ1) is 10.6. The molecule has 1 aromatic rings. The van der Waals surface area contributed by atoms with Crippen LogP contribution >= 0.6 is 12.4 Å². The van der Waals surface area contributed by atoms with E-state index in [1.807, 2.05) is 25.1 Å². The Balaban J connectivity index is 0.00000192. The Morgan fingerprint density at radius 1 is 1.26 bits per heavy atom. The lowest BCUT2D eigenvalue weighted by Gasteiger charge is -2.36. The van der Waals surface area contributed by atoms with E-state index in [0.29, 0.717) is 39.1 Å². The van der Waals surface area contributed by atoms with Gasteiger partial charge in [0.25, 0.3) is 0 Å². The van der Waals surface area contributed by atoms with Gasteiger partial charge in [-0.05, 0) is 37.5 Å². The zero-order chi connectivity index (χ0) is 15.6. The highest BCUT2D eigenvalue weighted by Crippen LogP contribution is 2.33. The van der Waals surface area contributed by atoms with Gasteiger partial charge in [0, 0.05) is 26.3 Å². The lowest BCUT2D eigenvalue weighted by Crippen LogP contribution is -2.57. The van der Waals surface area contributed by atoms with Crippen molar-refractivity contribution in [3.05, 3.63) is 23.8 Å².